The van der Waals surface area contributed by atoms with Crippen molar-refractivity contribution in [2.75, 3.05) is 45.9 Å². The number of ether oxygens (including phenoxy) is 1. The third-order valence-corrected chi connectivity index (χ3v) is 4.29. The lowest BCUT2D eigenvalue weighted by molar-refractivity contribution is -0.0257. The summed E-state index contributed by atoms with van der Waals surface area (Å²) >= 11 is 0. The molecule has 2 aliphatic heterocycles. The van der Waals surface area contributed by atoms with Crippen LogP contribution in [0.4, 0.5) is 0 Å². The van der Waals surface area contributed by atoms with Gasteiger partial charge in [0.05, 0.1) is 25.4 Å². The molecule has 3 N–H and O–H groups in total. The van der Waals surface area contributed by atoms with Crippen molar-refractivity contribution in [3.05, 3.63) is 32.6 Å². The highest BCUT2D eigenvalue weighted by molar-refractivity contribution is 5.93. The molecule has 0 spiro atoms. The monoisotopic (exact) mass is 324 g/mol. The zero-order valence-electron chi connectivity index (χ0n) is 12.7. The van der Waals surface area contributed by atoms with Crippen LogP contribution in [-0.4, -0.2) is 82.3 Å². The molecule has 2 aliphatic rings. The topological polar surface area (TPSA) is 119 Å². The summed E-state index contributed by atoms with van der Waals surface area (Å²) in [6.07, 6.45) is 1.57. The molecule has 0 saturated carbocycles. The second-order valence-corrected chi connectivity index (χ2v) is 6.08. The smallest absolute Gasteiger partial charge is 0.325 e. The van der Waals surface area contributed by atoms with Gasteiger partial charge in [-0.3, -0.25) is 19.5 Å². The molecule has 2 saturated heterocycles. The summed E-state index contributed by atoms with van der Waals surface area (Å²) in [4.78, 5) is 43.0. The number of β-amino-alcohol motifs (C(OH)–C–C–N with tert-alkyl or cyclic N) is 1. The standard InChI is InChI=1S/C14H20N4O5/c19-11-10(7-15-13(21)16-11)12(20)18-2-1-14(22,9-18)8-17-3-5-23-6-4-17/h7,22H,1-6,8-9H2,(H2,15,16,19,21)/t14-/m1/s1. The number of hydrogen-bond donors (Lipinski definition) is 3. The van der Waals surface area contributed by atoms with Gasteiger partial charge < -0.3 is 19.7 Å². The van der Waals surface area contributed by atoms with E-state index in [-0.39, 0.29) is 12.1 Å². The van der Waals surface area contributed by atoms with Crippen LogP contribution in [0.25, 0.3) is 0 Å². The highest BCUT2D eigenvalue weighted by Gasteiger charge is 2.40. The number of H-pyrrole nitrogens is 2. The van der Waals surface area contributed by atoms with E-state index >= 15 is 0 Å². The summed E-state index contributed by atoms with van der Waals surface area (Å²) in [6.45, 7) is 3.82. The predicted octanol–water partition coefficient (Wildman–Crippen LogP) is -2.03. The Balaban J connectivity index is 1.67. The molecule has 0 bridgehead atoms. The molecule has 0 aromatic carbocycles. The van der Waals surface area contributed by atoms with Gasteiger partial charge in [0.1, 0.15) is 5.56 Å². The molecule has 0 unspecified atom stereocenters. The van der Waals surface area contributed by atoms with E-state index in [1.54, 1.807) is 0 Å². The molecule has 126 valence electrons. The number of morpholine rings is 1. The Hall–Kier alpha value is -1.97. The van der Waals surface area contributed by atoms with E-state index in [0.717, 1.165) is 19.3 Å². The molecule has 0 aliphatic carbocycles. The van der Waals surface area contributed by atoms with E-state index in [9.17, 15) is 19.5 Å². The first-order valence-corrected chi connectivity index (χ1v) is 7.61. The van der Waals surface area contributed by atoms with E-state index in [2.05, 4.69) is 9.88 Å². The highest BCUT2D eigenvalue weighted by atomic mass is 16.5. The quantitative estimate of drug-likeness (QED) is 0.590. The Bertz CT molecular complexity index is 693. The first-order valence-electron chi connectivity index (χ1n) is 7.61. The van der Waals surface area contributed by atoms with Crippen LogP contribution in [0, 0.1) is 0 Å². The lowest BCUT2D eigenvalue weighted by Gasteiger charge is -2.33. The minimum atomic E-state index is -0.984. The van der Waals surface area contributed by atoms with Gasteiger partial charge in [0.2, 0.25) is 0 Å². The van der Waals surface area contributed by atoms with Crippen molar-refractivity contribution in [3.63, 3.8) is 0 Å². The fourth-order valence-electron chi connectivity index (χ4n) is 3.07. The maximum absolute atomic E-state index is 12.4. The number of hydrogen-bond acceptors (Lipinski definition) is 6. The number of aromatic amines is 2. The molecular formula is C14H20N4O5. The van der Waals surface area contributed by atoms with Crippen LogP contribution >= 0.6 is 0 Å². The van der Waals surface area contributed by atoms with Crippen molar-refractivity contribution in [1.29, 1.82) is 0 Å². The van der Waals surface area contributed by atoms with Gasteiger partial charge in [-0.2, -0.15) is 0 Å². The lowest BCUT2D eigenvalue weighted by atomic mass is 10.0. The number of carbonyl (C=O) groups excluding carboxylic acids is 1. The van der Waals surface area contributed by atoms with Crippen molar-refractivity contribution >= 4 is 5.91 Å². The number of aromatic nitrogens is 2. The van der Waals surface area contributed by atoms with E-state index in [0.29, 0.717) is 32.7 Å². The number of aliphatic hydroxyl groups is 1. The zero-order valence-corrected chi connectivity index (χ0v) is 12.7. The normalized spacial score (nSPS) is 25.7. The average molecular weight is 324 g/mol. The van der Waals surface area contributed by atoms with E-state index in [4.69, 9.17) is 4.74 Å². The molecular weight excluding hydrogens is 304 g/mol. The Morgan fingerprint density at radius 3 is 2.74 bits per heavy atom. The lowest BCUT2D eigenvalue weighted by Crippen LogP contribution is -2.49. The van der Waals surface area contributed by atoms with Crippen LogP contribution in [0.5, 0.6) is 0 Å². The summed E-state index contributed by atoms with van der Waals surface area (Å²) in [5.41, 5.74) is -2.48. The second-order valence-electron chi connectivity index (χ2n) is 6.08. The first-order chi connectivity index (χ1) is 11.0. The zero-order chi connectivity index (χ0) is 16.4. The third kappa shape index (κ3) is 3.52. The summed E-state index contributed by atoms with van der Waals surface area (Å²) in [7, 11) is 0. The molecule has 0 radical (unpaired) electrons. The van der Waals surface area contributed by atoms with Gasteiger partial charge in [-0.15, -0.1) is 0 Å². The van der Waals surface area contributed by atoms with Crippen molar-refractivity contribution in [2.24, 2.45) is 0 Å². The molecule has 1 atom stereocenters. The first kappa shape index (κ1) is 15.9. The molecule has 3 heterocycles. The van der Waals surface area contributed by atoms with Crippen LogP contribution in [0.1, 0.15) is 16.8 Å². The number of nitrogens with one attached hydrogen (secondary N) is 2. The highest BCUT2D eigenvalue weighted by Crippen LogP contribution is 2.23. The second kappa shape index (κ2) is 6.26. The van der Waals surface area contributed by atoms with Crippen molar-refractivity contribution < 1.29 is 14.6 Å². The Morgan fingerprint density at radius 2 is 2.04 bits per heavy atom. The largest absolute Gasteiger partial charge is 0.387 e. The summed E-state index contributed by atoms with van der Waals surface area (Å²) in [6, 6.07) is 0. The fraction of sp³-hybridized carbons (Fsp3) is 0.643. The number of nitrogens with zero attached hydrogens (tertiary/aromatic N) is 2. The maximum Gasteiger partial charge on any atom is 0.325 e. The van der Waals surface area contributed by atoms with Crippen LogP contribution < -0.4 is 11.2 Å². The minimum absolute atomic E-state index is 0.125. The Labute approximate surface area is 131 Å². The van der Waals surface area contributed by atoms with Gasteiger partial charge in [0.15, 0.2) is 0 Å². The molecule has 1 amide bonds. The van der Waals surface area contributed by atoms with Gasteiger partial charge in [0.25, 0.3) is 11.5 Å². The van der Waals surface area contributed by atoms with E-state index in [1.807, 2.05) is 4.98 Å². The average Bonchev–Trinajstić information content (AvgIpc) is 2.90. The number of rotatable bonds is 3. The number of carbonyl (C=O) groups is 1. The molecule has 3 rings (SSSR count). The van der Waals surface area contributed by atoms with Crippen molar-refractivity contribution in [3.8, 4) is 0 Å². The molecule has 2 fully saturated rings. The molecule has 1 aromatic rings. The van der Waals surface area contributed by atoms with E-state index < -0.39 is 22.8 Å². The van der Waals surface area contributed by atoms with Crippen LogP contribution in [-0.2, 0) is 4.74 Å². The third-order valence-electron chi connectivity index (χ3n) is 4.29. The van der Waals surface area contributed by atoms with Crippen LogP contribution in [0.2, 0.25) is 0 Å². The Morgan fingerprint density at radius 1 is 1.30 bits per heavy atom. The maximum atomic E-state index is 12.4. The summed E-state index contributed by atoms with van der Waals surface area (Å²) in [5.74, 6) is -0.486. The summed E-state index contributed by atoms with van der Waals surface area (Å²) < 4.78 is 5.28. The number of likely N-dealkylation sites (tertiary alicyclic amines) is 1. The SMILES string of the molecule is O=C(c1c[nH]c(=O)[nH]c1=O)N1CC[C@@](O)(CN2CCOCC2)C1. The molecule has 9 nitrogen and oxygen atoms in total. The van der Waals surface area contributed by atoms with Gasteiger partial charge in [-0.05, 0) is 6.42 Å². The van der Waals surface area contributed by atoms with Gasteiger partial charge in [0, 0.05) is 32.4 Å². The molecule has 1 aromatic heterocycles. The van der Waals surface area contributed by atoms with Gasteiger partial charge in [-0.1, -0.05) is 0 Å². The predicted molar refractivity (Wildman–Crippen MR) is 80.4 cm³/mol. The van der Waals surface area contributed by atoms with Crippen LogP contribution in [0.3, 0.4) is 0 Å². The van der Waals surface area contributed by atoms with Gasteiger partial charge >= 0.3 is 5.69 Å². The van der Waals surface area contributed by atoms with Gasteiger partial charge in [-0.25, -0.2) is 4.79 Å². The number of amides is 1. The van der Waals surface area contributed by atoms with Crippen molar-refractivity contribution in [1.82, 2.24) is 19.8 Å². The van der Waals surface area contributed by atoms with Crippen LogP contribution in [0.15, 0.2) is 15.8 Å². The van der Waals surface area contributed by atoms with E-state index in [1.165, 1.54) is 4.90 Å². The molecule has 23 heavy (non-hydrogen) atoms. The Kier molecular flexibility index (Phi) is 4.33. The minimum Gasteiger partial charge on any atom is -0.387 e. The molecule has 9 heteroatoms. The van der Waals surface area contributed by atoms with Crippen molar-refractivity contribution in [2.45, 2.75) is 12.0 Å². The summed E-state index contributed by atoms with van der Waals surface area (Å²) in [5, 5.41) is 10.7. The fourth-order valence-corrected chi connectivity index (χ4v) is 3.07.